The summed E-state index contributed by atoms with van der Waals surface area (Å²) >= 11 is 0. The lowest BCUT2D eigenvalue weighted by atomic mass is 10.1. The molecule has 1 N–H and O–H groups in total. The molecule has 0 unspecified atom stereocenters. The van der Waals surface area contributed by atoms with Crippen molar-refractivity contribution < 1.29 is 16.8 Å². The van der Waals surface area contributed by atoms with Gasteiger partial charge in [0.2, 0.25) is 10.0 Å². The first-order valence-electron chi connectivity index (χ1n) is 8.06. The maximum absolute atomic E-state index is 12.1. The predicted molar refractivity (Wildman–Crippen MR) is 95.0 cm³/mol. The lowest BCUT2D eigenvalue weighted by Gasteiger charge is -2.11. The topological polar surface area (TPSA) is 80.3 Å². The highest BCUT2D eigenvalue weighted by molar-refractivity contribution is 7.93. The molecule has 7 heteroatoms. The second kappa shape index (κ2) is 9.27. The molecule has 0 radical (unpaired) electrons. The number of unbranched alkanes of at least 4 members (excludes halogenated alkanes) is 6. The van der Waals surface area contributed by atoms with Gasteiger partial charge in [-0.1, -0.05) is 57.6 Å². The van der Waals surface area contributed by atoms with E-state index in [1.54, 1.807) is 12.1 Å². The van der Waals surface area contributed by atoms with Crippen LogP contribution in [0.5, 0.6) is 0 Å². The van der Waals surface area contributed by atoms with Crippen LogP contribution in [0, 0.1) is 0 Å². The summed E-state index contributed by atoms with van der Waals surface area (Å²) in [6, 6.07) is 6.06. The van der Waals surface area contributed by atoms with Crippen LogP contribution >= 0.6 is 0 Å². The zero-order valence-corrected chi connectivity index (χ0v) is 15.5. The van der Waals surface area contributed by atoms with Crippen molar-refractivity contribution in [3.05, 3.63) is 24.3 Å². The highest BCUT2D eigenvalue weighted by atomic mass is 32.2. The Balaban J connectivity index is 2.53. The van der Waals surface area contributed by atoms with E-state index in [2.05, 4.69) is 11.6 Å². The van der Waals surface area contributed by atoms with Gasteiger partial charge in [0.1, 0.15) is 0 Å². The zero-order valence-electron chi connectivity index (χ0n) is 13.9. The van der Waals surface area contributed by atoms with Crippen LogP contribution in [-0.4, -0.2) is 28.8 Å². The SMILES string of the molecule is CCCCCCCCCS(=O)(=O)Nc1ccccc1S(C)(=O)=O. The largest absolute Gasteiger partial charge is 0.282 e. The Morgan fingerprint density at radius 3 is 2.04 bits per heavy atom. The molecule has 0 saturated heterocycles. The average Bonchev–Trinajstić information content (AvgIpc) is 2.45. The van der Waals surface area contributed by atoms with Crippen LogP contribution in [0.25, 0.3) is 0 Å². The Hall–Kier alpha value is -1.08. The molecule has 23 heavy (non-hydrogen) atoms. The molecule has 0 fully saturated rings. The van der Waals surface area contributed by atoms with Gasteiger partial charge in [-0.15, -0.1) is 0 Å². The Morgan fingerprint density at radius 2 is 1.43 bits per heavy atom. The summed E-state index contributed by atoms with van der Waals surface area (Å²) in [5.74, 6) is 0.0128. The van der Waals surface area contributed by atoms with Crippen LogP contribution in [0.3, 0.4) is 0 Å². The smallest absolute Gasteiger partial charge is 0.232 e. The van der Waals surface area contributed by atoms with E-state index in [1.807, 2.05) is 0 Å². The lowest BCUT2D eigenvalue weighted by Crippen LogP contribution is -2.18. The first kappa shape index (κ1) is 20.0. The summed E-state index contributed by atoms with van der Waals surface area (Å²) in [5, 5.41) is 0. The molecule has 132 valence electrons. The van der Waals surface area contributed by atoms with Crippen molar-refractivity contribution in [1.82, 2.24) is 0 Å². The fraction of sp³-hybridized carbons (Fsp3) is 0.625. The molecular formula is C16H27NO4S2. The molecule has 0 aliphatic heterocycles. The number of sulfonamides is 1. The molecule has 0 aromatic heterocycles. The Morgan fingerprint density at radius 1 is 0.870 bits per heavy atom. The van der Waals surface area contributed by atoms with E-state index < -0.39 is 19.9 Å². The third kappa shape index (κ3) is 7.83. The highest BCUT2D eigenvalue weighted by Gasteiger charge is 2.17. The van der Waals surface area contributed by atoms with Gasteiger partial charge >= 0.3 is 0 Å². The molecule has 0 aliphatic rings. The molecule has 0 aliphatic carbocycles. The fourth-order valence-electron chi connectivity index (χ4n) is 2.34. The third-order valence-electron chi connectivity index (χ3n) is 3.57. The van der Waals surface area contributed by atoms with Crippen molar-refractivity contribution in [3.8, 4) is 0 Å². The van der Waals surface area contributed by atoms with Gasteiger partial charge in [-0.3, -0.25) is 4.72 Å². The zero-order chi connectivity index (χ0) is 17.3. The maximum Gasteiger partial charge on any atom is 0.232 e. The molecule has 0 heterocycles. The second-order valence-corrected chi connectivity index (χ2v) is 9.64. The van der Waals surface area contributed by atoms with Crippen molar-refractivity contribution in [2.45, 2.75) is 56.8 Å². The van der Waals surface area contributed by atoms with Gasteiger partial charge in [0, 0.05) is 6.26 Å². The number of hydrogen-bond acceptors (Lipinski definition) is 4. The normalized spacial score (nSPS) is 12.3. The minimum atomic E-state index is -3.53. The molecule has 1 rings (SSSR count). The number of sulfone groups is 1. The summed E-state index contributed by atoms with van der Waals surface area (Å²) in [6.45, 7) is 2.16. The standard InChI is InChI=1S/C16H27NO4S2/c1-3-4-5-6-7-8-11-14-23(20,21)17-15-12-9-10-13-16(15)22(2,18)19/h9-10,12-13,17H,3-8,11,14H2,1-2H3. The van der Waals surface area contributed by atoms with Gasteiger partial charge in [-0.05, 0) is 18.6 Å². The predicted octanol–water partition coefficient (Wildman–Crippen LogP) is 3.58. The average molecular weight is 362 g/mol. The van der Waals surface area contributed by atoms with Gasteiger partial charge in [-0.2, -0.15) is 0 Å². The van der Waals surface area contributed by atoms with E-state index in [9.17, 15) is 16.8 Å². The summed E-state index contributed by atoms with van der Waals surface area (Å²) in [4.78, 5) is 0.00291. The van der Waals surface area contributed by atoms with E-state index in [4.69, 9.17) is 0 Å². The Bertz CT molecular complexity index is 682. The number of hydrogen-bond donors (Lipinski definition) is 1. The Labute approximate surface area is 140 Å². The summed E-state index contributed by atoms with van der Waals surface area (Å²) < 4.78 is 50.0. The van der Waals surface area contributed by atoms with Gasteiger partial charge in [-0.25, -0.2) is 16.8 Å². The van der Waals surface area contributed by atoms with Crippen molar-refractivity contribution in [3.63, 3.8) is 0 Å². The molecule has 5 nitrogen and oxygen atoms in total. The van der Waals surface area contributed by atoms with Crippen LogP contribution < -0.4 is 4.72 Å². The number of para-hydroxylation sites is 1. The highest BCUT2D eigenvalue weighted by Crippen LogP contribution is 2.22. The van der Waals surface area contributed by atoms with E-state index >= 15 is 0 Å². The summed E-state index contributed by atoms with van der Waals surface area (Å²) in [5.41, 5.74) is 0.123. The van der Waals surface area contributed by atoms with Crippen LogP contribution in [0.2, 0.25) is 0 Å². The number of anilines is 1. The monoisotopic (exact) mass is 361 g/mol. The molecule has 0 saturated carbocycles. The van der Waals surface area contributed by atoms with Gasteiger partial charge in [0.15, 0.2) is 9.84 Å². The summed E-state index contributed by atoms with van der Waals surface area (Å²) in [6.07, 6.45) is 8.31. The quantitative estimate of drug-likeness (QED) is 0.611. The van der Waals surface area contributed by atoms with Crippen molar-refractivity contribution >= 4 is 25.5 Å². The minimum Gasteiger partial charge on any atom is -0.282 e. The molecule has 0 amide bonds. The molecule has 0 atom stereocenters. The first-order valence-corrected chi connectivity index (χ1v) is 11.6. The second-order valence-electron chi connectivity index (χ2n) is 5.81. The lowest BCUT2D eigenvalue weighted by molar-refractivity contribution is 0.582. The van der Waals surface area contributed by atoms with Crippen molar-refractivity contribution in [2.24, 2.45) is 0 Å². The fourth-order valence-corrected chi connectivity index (χ4v) is 4.45. The van der Waals surface area contributed by atoms with Gasteiger partial charge < -0.3 is 0 Å². The Kier molecular flexibility index (Phi) is 8.05. The van der Waals surface area contributed by atoms with Gasteiger partial charge in [0.05, 0.1) is 16.3 Å². The third-order valence-corrected chi connectivity index (χ3v) is 6.08. The molecule has 1 aromatic rings. The minimum absolute atomic E-state index is 0.00291. The van der Waals surface area contributed by atoms with Crippen LogP contribution in [0.1, 0.15) is 51.9 Å². The van der Waals surface area contributed by atoms with E-state index in [-0.39, 0.29) is 16.3 Å². The number of nitrogens with one attached hydrogen (secondary N) is 1. The molecule has 0 bridgehead atoms. The molecule has 1 aromatic carbocycles. The first-order chi connectivity index (χ1) is 10.8. The number of benzene rings is 1. The van der Waals surface area contributed by atoms with Crippen LogP contribution in [-0.2, 0) is 19.9 Å². The van der Waals surface area contributed by atoms with Crippen LogP contribution in [0.4, 0.5) is 5.69 Å². The van der Waals surface area contributed by atoms with E-state index in [0.29, 0.717) is 6.42 Å². The van der Waals surface area contributed by atoms with Crippen molar-refractivity contribution in [2.75, 3.05) is 16.7 Å². The van der Waals surface area contributed by atoms with E-state index in [1.165, 1.54) is 31.4 Å². The van der Waals surface area contributed by atoms with Crippen molar-refractivity contribution in [1.29, 1.82) is 0 Å². The van der Waals surface area contributed by atoms with E-state index in [0.717, 1.165) is 25.5 Å². The molecular weight excluding hydrogens is 334 g/mol. The van der Waals surface area contributed by atoms with Crippen LogP contribution in [0.15, 0.2) is 29.2 Å². The van der Waals surface area contributed by atoms with Gasteiger partial charge in [0.25, 0.3) is 0 Å². The number of rotatable bonds is 11. The molecule has 0 spiro atoms. The maximum atomic E-state index is 12.1. The summed E-state index contributed by atoms with van der Waals surface area (Å²) in [7, 11) is -7.00.